The number of halogens is 2. The van der Waals surface area contributed by atoms with Gasteiger partial charge in [0.15, 0.2) is 11.6 Å². The van der Waals surface area contributed by atoms with Gasteiger partial charge >= 0.3 is 0 Å². The Hall–Kier alpha value is -2.49. The van der Waals surface area contributed by atoms with Crippen molar-refractivity contribution in [1.29, 1.82) is 5.26 Å². The van der Waals surface area contributed by atoms with Gasteiger partial charge in [-0.3, -0.25) is 14.9 Å². The lowest BCUT2D eigenvalue weighted by Crippen LogP contribution is -2.57. The molecule has 1 fully saturated rings. The minimum Gasteiger partial charge on any atom is -0.348 e. The standard InChI is InChI=1S/C12H9F2N3O2/c1-6-12(19)16-9(18)5-17(6)8-3-2-7(4-15)10(13)11(8)14/h2-3,6H,5H2,1H3,(H,16,18,19). The third-order valence-electron chi connectivity index (χ3n) is 2.92. The van der Waals surface area contributed by atoms with Gasteiger partial charge < -0.3 is 4.90 Å². The molecule has 1 heterocycles. The number of amides is 2. The Morgan fingerprint density at radius 2 is 2.05 bits per heavy atom. The third kappa shape index (κ3) is 2.12. The summed E-state index contributed by atoms with van der Waals surface area (Å²) in [5.74, 6) is -3.70. The highest BCUT2D eigenvalue weighted by Crippen LogP contribution is 2.26. The van der Waals surface area contributed by atoms with Crippen LogP contribution in [-0.2, 0) is 9.59 Å². The molecule has 0 aliphatic carbocycles. The highest BCUT2D eigenvalue weighted by Gasteiger charge is 2.32. The fourth-order valence-electron chi connectivity index (χ4n) is 1.86. The second-order valence-electron chi connectivity index (χ2n) is 4.09. The molecule has 0 spiro atoms. The van der Waals surface area contributed by atoms with Gasteiger partial charge in [0, 0.05) is 0 Å². The molecule has 0 saturated carbocycles. The van der Waals surface area contributed by atoms with Gasteiger partial charge in [-0.05, 0) is 19.1 Å². The summed E-state index contributed by atoms with van der Waals surface area (Å²) < 4.78 is 27.4. The Bertz CT molecular complexity index is 610. The summed E-state index contributed by atoms with van der Waals surface area (Å²) in [5.41, 5.74) is -0.645. The molecule has 1 N–H and O–H groups in total. The summed E-state index contributed by atoms with van der Waals surface area (Å²) in [6.07, 6.45) is 0. The van der Waals surface area contributed by atoms with E-state index in [9.17, 15) is 18.4 Å². The van der Waals surface area contributed by atoms with Gasteiger partial charge in [-0.1, -0.05) is 0 Å². The number of nitrogens with one attached hydrogen (secondary N) is 1. The average molecular weight is 265 g/mol. The summed E-state index contributed by atoms with van der Waals surface area (Å²) in [5, 5.41) is 10.7. The lowest BCUT2D eigenvalue weighted by Gasteiger charge is -2.33. The van der Waals surface area contributed by atoms with Crippen LogP contribution >= 0.6 is 0 Å². The molecule has 1 aromatic rings. The molecule has 1 saturated heterocycles. The van der Waals surface area contributed by atoms with Crippen molar-refractivity contribution in [2.75, 3.05) is 11.4 Å². The van der Waals surface area contributed by atoms with Crippen molar-refractivity contribution in [3.8, 4) is 6.07 Å². The van der Waals surface area contributed by atoms with Crippen LogP contribution in [0.4, 0.5) is 14.5 Å². The monoisotopic (exact) mass is 265 g/mol. The average Bonchev–Trinajstić information content (AvgIpc) is 2.37. The molecular formula is C12H9F2N3O2. The first-order chi connectivity index (χ1) is 8.95. The minimum atomic E-state index is -1.29. The smallest absolute Gasteiger partial charge is 0.249 e. The Balaban J connectivity index is 2.47. The molecule has 19 heavy (non-hydrogen) atoms. The first kappa shape index (κ1) is 13.0. The van der Waals surface area contributed by atoms with Crippen LogP contribution in [0.25, 0.3) is 0 Å². The third-order valence-corrected chi connectivity index (χ3v) is 2.92. The number of hydrogen-bond acceptors (Lipinski definition) is 4. The Morgan fingerprint density at radius 3 is 2.68 bits per heavy atom. The molecule has 0 bridgehead atoms. The maximum Gasteiger partial charge on any atom is 0.249 e. The topological polar surface area (TPSA) is 73.2 Å². The van der Waals surface area contributed by atoms with Crippen molar-refractivity contribution in [2.45, 2.75) is 13.0 Å². The highest BCUT2D eigenvalue weighted by atomic mass is 19.2. The molecule has 1 aliphatic rings. The van der Waals surface area contributed by atoms with Gasteiger partial charge in [0.05, 0.1) is 17.8 Å². The summed E-state index contributed by atoms with van der Waals surface area (Å²) in [4.78, 5) is 23.9. The number of carbonyl (C=O) groups excluding carboxylic acids is 2. The predicted octanol–water partition coefficient (Wildman–Crippen LogP) is 0.688. The summed E-state index contributed by atoms with van der Waals surface area (Å²) in [6, 6.07) is 3.00. The molecule has 2 amide bonds. The van der Waals surface area contributed by atoms with Crippen molar-refractivity contribution in [2.24, 2.45) is 0 Å². The predicted molar refractivity (Wildman–Crippen MR) is 61.0 cm³/mol. The summed E-state index contributed by atoms with van der Waals surface area (Å²) in [7, 11) is 0. The van der Waals surface area contributed by atoms with Crippen molar-refractivity contribution >= 4 is 17.5 Å². The van der Waals surface area contributed by atoms with E-state index in [0.717, 1.165) is 11.0 Å². The van der Waals surface area contributed by atoms with Crippen LogP contribution in [-0.4, -0.2) is 24.4 Å². The van der Waals surface area contributed by atoms with Crippen LogP contribution in [0.5, 0.6) is 0 Å². The first-order valence-corrected chi connectivity index (χ1v) is 5.44. The van der Waals surface area contributed by atoms with E-state index >= 15 is 0 Å². The Morgan fingerprint density at radius 1 is 1.37 bits per heavy atom. The normalized spacial score (nSPS) is 19.1. The summed E-state index contributed by atoms with van der Waals surface area (Å²) in [6.45, 7) is 1.21. The van der Waals surface area contributed by atoms with Gasteiger partial charge in [-0.25, -0.2) is 8.78 Å². The molecule has 5 nitrogen and oxygen atoms in total. The molecule has 7 heteroatoms. The van der Waals surface area contributed by atoms with E-state index in [4.69, 9.17) is 5.26 Å². The number of anilines is 1. The van der Waals surface area contributed by atoms with E-state index in [1.807, 2.05) is 0 Å². The number of piperazine rings is 1. The van der Waals surface area contributed by atoms with E-state index in [-0.39, 0.29) is 12.2 Å². The fourth-order valence-corrected chi connectivity index (χ4v) is 1.86. The van der Waals surface area contributed by atoms with Crippen LogP contribution < -0.4 is 10.2 Å². The number of nitriles is 1. The lowest BCUT2D eigenvalue weighted by atomic mass is 10.1. The Labute approximate surface area is 107 Å². The van der Waals surface area contributed by atoms with Crippen LogP contribution in [0.1, 0.15) is 12.5 Å². The van der Waals surface area contributed by atoms with E-state index < -0.39 is 35.1 Å². The lowest BCUT2D eigenvalue weighted by molar-refractivity contribution is -0.132. The van der Waals surface area contributed by atoms with Crippen molar-refractivity contribution < 1.29 is 18.4 Å². The first-order valence-electron chi connectivity index (χ1n) is 5.44. The van der Waals surface area contributed by atoms with Crippen molar-refractivity contribution in [1.82, 2.24) is 5.32 Å². The molecule has 0 aromatic heterocycles. The second-order valence-corrected chi connectivity index (χ2v) is 4.09. The van der Waals surface area contributed by atoms with Crippen molar-refractivity contribution in [3.05, 3.63) is 29.3 Å². The molecule has 1 aromatic carbocycles. The molecule has 0 radical (unpaired) electrons. The molecule has 2 rings (SSSR count). The molecule has 1 aliphatic heterocycles. The number of imide groups is 1. The SMILES string of the molecule is CC1C(=O)NC(=O)CN1c1ccc(C#N)c(F)c1F. The van der Waals surface area contributed by atoms with E-state index in [1.54, 1.807) is 0 Å². The van der Waals surface area contributed by atoms with Gasteiger partial charge in [0.25, 0.3) is 0 Å². The van der Waals surface area contributed by atoms with Gasteiger partial charge in [0.2, 0.25) is 11.8 Å². The molecule has 1 atom stereocenters. The Kier molecular flexibility index (Phi) is 3.17. The van der Waals surface area contributed by atoms with Crippen LogP contribution in [0, 0.1) is 23.0 Å². The number of rotatable bonds is 1. The van der Waals surface area contributed by atoms with Gasteiger partial charge in [0.1, 0.15) is 12.1 Å². The number of hydrogen-bond donors (Lipinski definition) is 1. The van der Waals surface area contributed by atoms with Gasteiger partial charge in [-0.2, -0.15) is 5.26 Å². The quantitative estimate of drug-likeness (QED) is 0.758. The van der Waals surface area contributed by atoms with E-state index in [2.05, 4.69) is 5.32 Å². The van der Waals surface area contributed by atoms with Crippen LogP contribution in [0.2, 0.25) is 0 Å². The maximum absolute atomic E-state index is 13.9. The van der Waals surface area contributed by atoms with E-state index in [1.165, 1.54) is 19.1 Å². The zero-order valence-electron chi connectivity index (χ0n) is 9.91. The zero-order chi connectivity index (χ0) is 14.2. The van der Waals surface area contributed by atoms with Gasteiger partial charge in [-0.15, -0.1) is 0 Å². The molecule has 1 unspecified atom stereocenters. The second kappa shape index (κ2) is 4.65. The highest BCUT2D eigenvalue weighted by molar-refractivity contribution is 6.04. The zero-order valence-corrected chi connectivity index (χ0v) is 9.91. The summed E-state index contributed by atoms with van der Waals surface area (Å²) >= 11 is 0. The van der Waals surface area contributed by atoms with E-state index in [0.29, 0.717) is 0 Å². The molecular weight excluding hydrogens is 256 g/mol. The van der Waals surface area contributed by atoms with Crippen LogP contribution in [0.15, 0.2) is 12.1 Å². The number of benzene rings is 1. The maximum atomic E-state index is 13.9. The molecule has 98 valence electrons. The van der Waals surface area contributed by atoms with Crippen LogP contribution in [0.3, 0.4) is 0 Å². The minimum absolute atomic E-state index is 0.216. The van der Waals surface area contributed by atoms with Crippen molar-refractivity contribution in [3.63, 3.8) is 0 Å². The fraction of sp³-hybridized carbons (Fsp3) is 0.250. The largest absolute Gasteiger partial charge is 0.348 e. The number of nitrogens with zero attached hydrogens (tertiary/aromatic N) is 2. The number of carbonyl (C=O) groups is 2.